The van der Waals surface area contributed by atoms with E-state index in [4.69, 9.17) is 15.2 Å². The fourth-order valence-corrected chi connectivity index (χ4v) is 2.48. The fourth-order valence-electron chi connectivity index (χ4n) is 2.48. The highest BCUT2D eigenvalue weighted by Gasteiger charge is 2.27. The van der Waals surface area contributed by atoms with Crippen molar-refractivity contribution in [2.24, 2.45) is 0 Å². The highest BCUT2D eigenvalue weighted by molar-refractivity contribution is 5.75. The molecule has 0 radical (unpaired) electrons. The molecule has 0 bridgehead atoms. The number of aromatic nitrogens is 1. The first-order valence-corrected chi connectivity index (χ1v) is 6.42. The number of nitrogens with two attached hydrogens (primary N) is 1. The molecule has 5 heteroatoms. The number of hydrogen-bond donors (Lipinski definition) is 2. The number of aromatic amines is 1. The maximum atomic E-state index is 9.48. The Kier molecular flexibility index (Phi) is 3.18. The lowest BCUT2D eigenvalue weighted by atomic mass is 10.0. The first kappa shape index (κ1) is 12.7. The first-order valence-electron chi connectivity index (χ1n) is 6.42. The molecule has 1 aromatic heterocycles. The molecule has 0 spiro atoms. The van der Waals surface area contributed by atoms with Gasteiger partial charge in [0, 0.05) is 16.9 Å². The maximum Gasteiger partial charge on any atom is 0.200 e. The van der Waals surface area contributed by atoms with Crippen LogP contribution in [0.25, 0.3) is 11.1 Å². The largest absolute Gasteiger partial charge is 0.399 e. The number of benzene rings is 1. The third-order valence-corrected chi connectivity index (χ3v) is 3.39. The summed E-state index contributed by atoms with van der Waals surface area (Å²) in [6, 6.07) is 9.72. The lowest BCUT2D eigenvalue weighted by molar-refractivity contribution is -0.0471. The quantitative estimate of drug-likeness (QED) is 0.820. The van der Waals surface area contributed by atoms with Crippen LogP contribution >= 0.6 is 0 Å². The number of nitrogens with zero attached hydrogens (tertiary/aromatic N) is 1. The number of nitriles is 1. The molecule has 102 valence electrons. The average Bonchev–Trinajstić information content (AvgIpc) is 3.07. The molecule has 3 rings (SSSR count). The maximum absolute atomic E-state index is 9.48. The van der Waals surface area contributed by atoms with Crippen molar-refractivity contribution in [2.75, 3.05) is 18.9 Å². The minimum Gasteiger partial charge on any atom is -0.399 e. The molecule has 1 saturated heterocycles. The van der Waals surface area contributed by atoms with Gasteiger partial charge in [-0.25, -0.2) is 0 Å². The van der Waals surface area contributed by atoms with Crippen LogP contribution < -0.4 is 5.73 Å². The summed E-state index contributed by atoms with van der Waals surface area (Å²) in [5.41, 5.74) is 10.4. The van der Waals surface area contributed by atoms with Gasteiger partial charge < -0.3 is 20.2 Å². The molecule has 0 aliphatic carbocycles. The molecule has 1 aromatic carbocycles. The normalized spacial score (nSPS) is 15.4. The number of rotatable bonds is 2. The monoisotopic (exact) mass is 269 g/mol. The summed E-state index contributed by atoms with van der Waals surface area (Å²) in [6.07, 6.45) is -0.481. The summed E-state index contributed by atoms with van der Waals surface area (Å²) >= 11 is 0. The second-order valence-corrected chi connectivity index (χ2v) is 4.72. The lowest BCUT2D eigenvalue weighted by Crippen LogP contribution is -2.00. The molecule has 1 fully saturated rings. The lowest BCUT2D eigenvalue weighted by Gasteiger charge is -2.07. The van der Waals surface area contributed by atoms with E-state index in [-0.39, 0.29) is 0 Å². The van der Waals surface area contributed by atoms with Crippen LogP contribution in [-0.4, -0.2) is 18.2 Å². The van der Waals surface area contributed by atoms with Crippen molar-refractivity contribution in [3.05, 3.63) is 41.2 Å². The van der Waals surface area contributed by atoms with E-state index in [9.17, 15) is 5.26 Å². The number of hydrogen-bond acceptors (Lipinski definition) is 4. The highest BCUT2D eigenvalue weighted by atomic mass is 16.7. The van der Waals surface area contributed by atoms with Crippen LogP contribution in [0.15, 0.2) is 24.3 Å². The zero-order valence-electron chi connectivity index (χ0n) is 11.1. The van der Waals surface area contributed by atoms with Crippen molar-refractivity contribution in [3.8, 4) is 17.2 Å². The Labute approximate surface area is 116 Å². The summed E-state index contributed by atoms with van der Waals surface area (Å²) in [6.45, 7) is 3.03. The smallest absolute Gasteiger partial charge is 0.200 e. The predicted octanol–water partition coefficient (Wildman–Crippen LogP) is 2.49. The van der Waals surface area contributed by atoms with Crippen molar-refractivity contribution in [1.29, 1.82) is 5.26 Å². The van der Waals surface area contributed by atoms with Crippen molar-refractivity contribution in [2.45, 2.75) is 13.2 Å². The third-order valence-electron chi connectivity index (χ3n) is 3.39. The fraction of sp³-hybridized carbons (Fsp3) is 0.267. The minimum absolute atomic E-state index is 0.481. The molecule has 1 aliphatic heterocycles. The van der Waals surface area contributed by atoms with E-state index in [0.29, 0.717) is 30.2 Å². The second-order valence-electron chi connectivity index (χ2n) is 4.72. The molecule has 5 nitrogen and oxygen atoms in total. The number of nitrogens with one attached hydrogen (secondary N) is 1. The van der Waals surface area contributed by atoms with E-state index in [1.165, 1.54) is 0 Å². The van der Waals surface area contributed by atoms with E-state index in [2.05, 4.69) is 11.1 Å². The zero-order chi connectivity index (χ0) is 14.1. The van der Waals surface area contributed by atoms with Crippen molar-refractivity contribution in [3.63, 3.8) is 0 Å². The molecule has 0 atom stereocenters. The highest BCUT2D eigenvalue weighted by Crippen LogP contribution is 2.35. The van der Waals surface area contributed by atoms with Crippen LogP contribution in [0.2, 0.25) is 0 Å². The number of aryl methyl sites for hydroxylation is 1. The second kappa shape index (κ2) is 5.00. The number of nitrogen functional groups attached to an aromatic ring is 1. The molecule has 3 N–H and O–H groups in total. The SMILES string of the molecule is Cc1[nH]c(C2OCCO2)c(C#N)c1-c1ccc(N)cc1. The summed E-state index contributed by atoms with van der Waals surface area (Å²) in [5, 5.41) is 9.48. The Morgan fingerprint density at radius 1 is 1.25 bits per heavy atom. The van der Waals surface area contributed by atoms with Gasteiger partial charge in [-0.1, -0.05) is 12.1 Å². The summed E-state index contributed by atoms with van der Waals surface area (Å²) in [5.74, 6) is 0. The Balaban J connectivity index is 2.11. The molecule has 1 aliphatic rings. The van der Waals surface area contributed by atoms with Crippen LogP contribution in [-0.2, 0) is 9.47 Å². The van der Waals surface area contributed by atoms with E-state index in [0.717, 1.165) is 16.8 Å². The van der Waals surface area contributed by atoms with Gasteiger partial charge in [0.05, 0.1) is 24.5 Å². The zero-order valence-corrected chi connectivity index (χ0v) is 11.1. The van der Waals surface area contributed by atoms with E-state index < -0.39 is 6.29 Å². The number of H-pyrrole nitrogens is 1. The van der Waals surface area contributed by atoms with Gasteiger partial charge in [0.15, 0.2) is 6.29 Å². The standard InChI is InChI=1S/C15H15N3O2/c1-9-13(10-2-4-11(17)5-3-10)12(8-16)14(18-9)15-19-6-7-20-15/h2-5,15,18H,6-7,17H2,1H3. The average molecular weight is 269 g/mol. The summed E-state index contributed by atoms with van der Waals surface area (Å²) < 4.78 is 11.0. The topological polar surface area (TPSA) is 84.1 Å². The Morgan fingerprint density at radius 2 is 1.90 bits per heavy atom. The Bertz CT molecular complexity index is 662. The molecule has 2 aromatic rings. The van der Waals surface area contributed by atoms with Gasteiger partial charge in [0.25, 0.3) is 0 Å². The molecule has 0 amide bonds. The Hall–Kier alpha value is -2.29. The van der Waals surface area contributed by atoms with Gasteiger partial charge in [0.2, 0.25) is 0 Å². The van der Waals surface area contributed by atoms with Gasteiger partial charge in [0.1, 0.15) is 6.07 Å². The molecule has 0 saturated carbocycles. The number of anilines is 1. The van der Waals surface area contributed by atoms with Gasteiger partial charge in [-0.05, 0) is 24.6 Å². The van der Waals surface area contributed by atoms with Crippen LogP contribution in [0.1, 0.15) is 23.2 Å². The van der Waals surface area contributed by atoms with E-state index >= 15 is 0 Å². The van der Waals surface area contributed by atoms with E-state index in [1.807, 2.05) is 31.2 Å². The first-order chi connectivity index (χ1) is 9.70. The minimum atomic E-state index is -0.481. The Morgan fingerprint density at radius 3 is 2.50 bits per heavy atom. The predicted molar refractivity (Wildman–Crippen MR) is 74.7 cm³/mol. The summed E-state index contributed by atoms with van der Waals surface area (Å²) in [7, 11) is 0. The van der Waals surface area contributed by atoms with Gasteiger partial charge >= 0.3 is 0 Å². The van der Waals surface area contributed by atoms with Gasteiger partial charge in [-0.15, -0.1) is 0 Å². The van der Waals surface area contributed by atoms with Gasteiger partial charge in [-0.2, -0.15) is 5.26 Å². The van der Waals surface area contributed by atoms with Crippen LogP contribution in [0.3, 0.4) is 0 Å². The molecule has 0 unspecified atom stereocenters. The van der Waals surface area contributed by atoms with Gasteiger partial charge in [-0.3, -0.25) is 0 Å². The van der Waals surface area contributed by atoms with Crippen molar-refractivity contribution >= 4 is 5.69 Å². The summed E-state index contributed by atoms with van der Waals surface area (Å²) in [4.78, 5) is 3.22. The van der Waals surface area contributed by atoms with Crippen LogP contribution in [0, 0.1) is 18.3 Å². The number of ether oxygens (including phenoxy) is 2. The molecular formula is C15H15N3O2. The molecular weight excluding hydrogens is 254 g/mol. The van der Waals surface area contributed by atoms with E-state index in [1.54, 1.807) is 0 Å². The van der Waals surface area contributed by atoms with Crippen molar-refractivity contribution < 1.29 is 9.47 Å². The van der Waals surface area contributed by atoms with Crippen LogP contribution in [0.5, 0.6) is 0 Å². The molecule has 20 heavy (non-hydrogen) atoms. The van der Waals surface area contributed by atoms with Crippen LogP contribution in [0.4, 0.5) is 5.69 Å². The molecule has 2 heterocycles. The van der Waals surface area contributed by atoms with Crippen molar-refractivity contribution in [1.82, 2.24) is 4.98 Å². The third kappa shape index (κ3) is 2.05.